The van der Waals surface area contributed by atoms with Crippen molar-refractivity contribution in [3.8, 4) is 0 Å². The molecule has 0 saturated carbocycles. The minimum Gasteiger partial charge on any atom is -0.481 e. The lowest BCUT2D eigenvalue weighted by molar-refractivity contribution is -0.137. The molecule has 0 aliphatic heterocycles. The van der Waals surface area contributed by atoms with Gasteiger partial charge < -0.3 is 5.11 Å². The third kappa shape index (κ3) is 14.4. The fourth-order valence-corrected chi connectivity index (χ4v) is 7.24. The second-order valence-electron chi connectivity index (χ2n) is 6.70. The lowest BCUT2D eigenvalue weighted by Crippen LogP contribution is -2.27. The molecule has 0 bridgehead atoms. The molecule has 0 aromatic heterocycles. The van der Waals surface area contributed by atoms with Gasteiger partial charge in [0.05, 0.1) is 0 Å². The van der Waals surface area contributed by atoms with E-state index in [2.05, 4.69) is 103 Å². The number of alkyl halides is 6. The summed E-state index contributed by atoms with van der Waals surface area (Å²) in [6.45, 7) is 2.23. The SMILES string of the molecule is CCCCCC(Br)C(Br)CC(Br)C(Br)CC(Br)C(Br)CCCCC(=O)O. The van der Waals surface area contributed by atoms with E-state index in [1.54, 1.807) is 0 Å². The molecule has 0 radical (unpaired) electrons. The summed E-state index contributed by atoms with van der Waals surface area (Å²) in [6.07, 6.45) is 10.0. The zero-order chi connectivity index (χ0) is 20.1. The fraction of sp³-hybridized carbons (Fsp3) is 0.944. The number of rotatable bonds is 16. The van der Waals surface area contributed by atoms with E-state index in [0.29, 0.717) is 29.0 Å². The van der Waals surface area contributed by atoms with E-state index in [9.17, 15) is 4.79 Å². The first-order chi connectivity index (χ1) is 12.2. The summed E-state index contributed by atoms with van der Waals surface area (Å²) in [5.41, 5.74) is 0. The Labute approximate surface area is 209 Å². The van der Waals surface area contributed by atoms with Crippen LogP contribution in [0.2, 0.25) is 0 Å². The molecule has 6 unspecified atom stereocenters. The number of aliphatic carboxylic acids is 1. The van der Waals surface area contributed by atoms with E-state index in [0.717, 1.165) is 32.1 Å². The number of carboxylic acid groups (broad SMARTS) is 1. The van der Waals surface area contributed by atoms with Crippen molar-refractivity contribution in [2.24, 2.45) is 0 Å². The fourth-order valence-electron chi connectivity index (χ4n) is 2.59. The van der Waals surface area contributed by atoms with Crippen LogP contribution in [0.5, 0.6) is 0 Å². The third-order valence-corrected chi connectivity index (χ3v) is 12.7. The molecule has 8 heteroatoms. The Kier molecular flexibility index (Phi) is 18.6. The van der Waals surface area contributed by atoms with Gasteiger partial charge in [-0.3, -0.25) is 4.79 Å². The Balaban J connectivity index is 4.13. The van der Waals surface area contributed by atoms with Gasteiger partial charge in [-0.1, -0.05) is 128 Å². The van der Waals surface area contributed by atoms with Gasteiger partial charge in [-0.15, -0.1) is 0 Å². The van der Waals surface area contributed by atoms with Gasteiger partial charge in [0, 0.05) is 35.4 Å². The summed E-state index contributed by atoms with van der Waals surface area (Å²) in [4.78, 5) is 13.0. The molecular weight excluding hydrogens is 728 g/mol. The molecule has 0 aliphatic carbocycles. The molecule has 0 rings (SSSR count). The summed E-state index contributed by atoms with van der Waals surface area (Å²) >= 11 is 22.9. The predicted molar refractivity (Wildman–Crippen MR) is 136 cm³/mol. The van der Waals surface area contributed by atoms with Gasteiger partial charge in [0.2, 0.25) is 0 Å². The Morgan fingerprint density at radius 2 is 1.08 bits per heavy atom. The first kappa shape index (κ1) is 28.4. The van der Waals surface area contributed by atoms with Gasteiger partial charge in [0.1, 0.15) is 0 Å². The number of unbranched alkanes of at least 4 members (excludes halogenated alkanes) is 3. The van der Waals surface area contributed by atoms with Crippen LogP contribution in [0.25, 0.3) is 0 Å². The van der Waals surface area contributed by atoms with E-state index < -0.39 is 5.97 Å². The van der Waals surface area contributed by atoms with Crippen LogP contribution in [0.3, 0.4) is 0 Å². The Bertz CT molecular complexity index is 372. The summed E-state index contributed by atoms with van der Waals surface area (Å²) in [5, 5.41) is 8.70. The van der Waals surface area contributed by atoms with Gasteiger partial charge >= 0.3 is 5.97 Å². The van der Waals surface area contributed by atoms with Gasteiger partial charge in [-0.05, 0) is 32.1 Å². The van der Waals surface area contributed by atoms with Crippen LogP contribution in [0.4, 0.5) is 0 Å². The quantitative estimate of drug-likeness (QED) is 0.127. The molecule has 0 aromatic rings. The van der Waals surface area contributed by atoms with Crippen molar-refractivity contribution in [2.45, 2.75) is 100 Å². The minimum absolute atomic E-state index is 0.260. The number of carboxylic acids is 1. The largest absolute Gasteiger partial charge is 0.481 e. The first-order valence-corrected chi connectivity index (χ1v) is 14.7. The van der Waals surface area contributed by atoms with Crippen molar-refractivity contribution in [3.05, 3.63) is 0 Å². The van der Waals surface area contributed by atoms with Crippen molar-refractivity contribution >= 4 is 102 Å². The van der Waals surface area contributed by atoms with Crippen molar-refractivity contribution < 1.29 is 9.90 Å². The molecule has 0 aromatic carbocycles. The monoisotopic (exact) mass is 752 g/mol. The van der Waals surface area contributed by atoms with Gasteiger partial charge in [-0.25, -0.2) is 0 Å². The molecule has 0 heterocycles. The summed E-state index contributed by atoms with van der Waals surface area (Å²) in [7, 11) is 0. The molecule has 6 atom stereocenters. The molecule has 0 aliphatic rings. The smallest absolute Gasteiger partial charge is 0.303 e. The lowest BCUT2D eigenvalue weighted by atomic mass is 10.0. The molecule has 1 N–H and O–H groups in total. The van der Waals surface area contributed by atoms with Crippen molar-refractivity contribution in [1.82, 2.24) is 0 Å². The van der Waals surface area contributed by atoms with Crippen LogP contribution in [0, 0.1) is 0 Å². The average molecular weight is 758 g/mol. The number of carbonyl (C=O) groups is 1. The summed E-state index contributed by atoms with van der Waals surface area (Å²) in [5.74, 6) is -0.710. The maximum Gasteiger partial charge on any atom is 0.303 e. The van der Waals surface area contributed by atoms with Crippen LogP contribution in [0.1, 0.15) is 71.1 Å². The Morgan fingerprint density at radius 3 is 1.46 bits per heavy atom. The van der Waals surface area contributed by atoms with Crippen molar-refractivity contribution in [3.63, 3.8) is 0 Å². The number of halogens is 6. The highest BCUT2D eigenvalue weighted by molar-refractivity contribution is 9.13. The molecule has 26 heavy (non-hydrogen) atoms. The zero-order valence-corrected chi connectivity index (χ0v) is 24.7. The molecule has 0 fully saturated rings. The van der Waals surface area contributed by atoms with E-state index in [1.165, 1.54) is 25.7 Å². The van der Waals surface area contributed by atoms with Crippen LogP contribution >= 0.6 is 95.6 Å². The highest BCUT2D eigenvalue weighted by Crippen LogP contribution is 2.33. The molecule has 0 saturated heterocycles. The van der Waals surface area contributed by atoms with Crippen LogP contribution in [-0.2, 0) is 4.79 Å². The van der Waals surface area contributed by atoms with Crippen molar-refractivity contribution in [1.29, 1.82) is 0 Å². The normalized spacial score (nSPS) is 18.7. The van der Waals surface area contributed by atoms with E-state index >= 15 is 0 Å². The summed E-state index contributed by atoms with van der Waals surface area (Å²) < 4.78 is 0. The topological polar surface area (TPSA) is 37.3 Å². The van der Waals surface area contributed by atoms with E-state index in [1.807, 2.05) is 0 Å². The van der Waals surface area contributed by atoms with Crippen LogP contribution < -0.4 is 0 Å². The molecular formula is C18H30Br6O2. The average Bonchev–Trinajstić information content (AvgIpc) is 2.57. The highest BCUT2D eigenvalue weighted by Gasteiger charge is 2.27. The standard InChI is InChI=1S/C18H30Br6O2/c1-2-3-4-7-12(19)14(21)10-16(23)17(24)11-15(22)13(20)8-5-6-9-18(25)26/h12-17H,2-11H2,1H3,(H,25,26). The van der Waals surface area contributed by atoms with Gasteiger partial charge in [0.15, 0.2) is 0 Å². The second-order valence-corrected chi connectivity index (χ2v) is 13.8. The van der Waals surface area contributed by atoms with E-state index in [-0.39, 0.29) is 6.42 Å². The third-order valence-electron chi connectivity index (χ3n) is 4.28. The molecule has 0 spiro atoms. The van der Waals surface area contributed by atoms with Gasteiger partial charge in [0.25, 0.3) is 0 Å². The zero-order valence-electron chi connectivity index (χ0n) is 15.2. The van der Waals surface area contributed by atoms with E-state index in [4.69, 9.17) is 5.11 Å². The predicted octanol–water partition coefficient (Wildman–Crippen LogP) is 8.57. The molecule has 0 amide bonds. The van der Waals surface area contributed by atoms with Crippen molar-refractivity contribution in [2.75, 3.05) is 0 Å². The Hall–Kier alpha value is 2.35. The second kappa shape index (κ2) is 17.1. The lowest BCUT2D eigenvalue weighted by Gasteiger charge is -2.25. The highest BCUT2D eigenvalue weighted by atomic mass is 79.9. The first-order valence-electron chi connectivity index (χ1n) is 9.25. The maximum absolute atomic E-state index is 10.6. The maximum atomic E-state index is 10.6. The molecule has 2 nitrogen and oxygen atoms in total. The Morgan fingerprint density at radius 1 is 0.692 bits per heavy atom. The van der Waals surface area contributed by atoms with Gasteiger partial charge in [-0.2, -0.15) is 0 Å². The van der Waals surface area contributed by atoms with Crippen LogP contribution in [0.15, 0.2) is 0 Å². The van der Waals surface area contributed by atoms with Crippen LogP contribution in [-0.4, -0.2) is 40.0 Å². The molecule has 156 valence electrons. The minimum atomic E-state index is -0.710. The number of hydrogen-bond acceptors (Lipinski definition) is 1. The number of hydrogen-bond donors (Lipinski definition) is 1. The summed E-state index contributed by atoms with van der Waals surface area (Å²) in [6, 6.07) is 0.